The van der Waals surface area contributed by atoms with Crippen LogP contribution in [-0.2, 0) is 11.2 Å². The van der Waals surface area contributed by atoms with E-state index in [1.54, 1.807) is 6.07 Å². The number of hydrogen-bond acceptors (Lipinski definition) is 5. The van der Waals surface area contributed by atoms with E-state index in [1.165, 1.54) is 0 Å². The maximum absolute atomic E-state index is 13.0. The number of ether oxygens (including phenoxy) is 2. The number of carbonyl (C=O) groups is 1. The number of rotatable bonds is 7. The van der Waals surface area contributed by atoms with Gasteiger partial charge in [-0.15, -0.1) is 0 Å². The predicted molar refractivity (Wildman–Crippen MR) is 116 cm³/mol. The molecule has 1 aliphatic heterocycles. The van der Waals surface area contributed by atoms with Crippen molar-refractivity contribution >= 4 is 11.4 Å². The summed E-state index contributed by atoms with van der Waals surface area (Å²) in [4.78, 5) is 22.3. The fraction of sp³-hybridized carbons (Fsp3) is 0.458. The average Bonchev–Trinajstić information content (AvgIpc) is 3.17. The third-order valence-electron chi connectivity index (χ3n) is 5.59. The van der Waals surface area contributed by atoms with Crippen molar-refractivity contribution in [2.75, 3.05) is 19.8 Å². The van der Waals surface area contributed by atoms with Gasteiger partial charge in [0.05, 0.1) is 12.3 Å². The van der Waals surface area contributed by atoms with Crippen molar-refractivity contribution in [3.05, 3.63) is 59.3 Å². The minimum Gasteiger partial charge on any atom is -0.493 e. The van der Waals surface area contributed by atoms with Crippen LogP contribution < -0.4 is 4.74 Å². The normalized spacial score (nSPS) is 15.1. The largest absolute Gasteiger partial charge is 0.493 e. The van der Waals surface area contributed by atoms with Crippen molar-refractivity contribution in [3.63, 3.8) is 0 Å². The summed E-state index contributed by atoms with van der Waals surface area (Å²) in [5.41, 5.74) is 4.20. The smallest absolute Gasteiger partial charge is 0.185 e. The first-order valence-electron chi connectivity index (χ1n) is 10.8. The van der Waals surface area contributed by atoms with Gasteiger partial charge in [0.1, 0.15) is 17.1 Å². The van der Waals surface area contributed by atoms with E-state index in [0.29, 0.717) is 24.0 Å². The van der Waals surface area contributed by atoms with Crippen LogP contribution in [0.25, 0.3) is 5.65 Å². The lowest BCUT2D eigenvalue weighted by molar-refractivity contribution is 0.0846. The minimum absolute atomic E-state index is 0.0115. The molecule has 3 aromatic rings. The van der Waals surface area contributed by atoms with Crippen LogP contribution in [0.1, 0.15) is 72.9 Å². The molecule has 0 bridgehead atoms. The molecule has 0 amide bonds. The number of pyridine rings is 2. The zero-order chi connectivity index (χ0) is 21.1. The van der Waals surface area contributed by atoms with Crippen molar-refractivity contribution in [3.8, 4) is 5.75 Å². The third kappa shape index (κ3) is 4.38. The van der Waals surface area contributed by atoms with Crippen LogP contribution in [0, 0.1) is 0 Å². The molecular formula is C24H29N3O3. The van der Waals surface area contributed by atoms with Crippen LogP contribution in [0.5, 0.6) is 5.75 Å². The average molecular weight is 408 g/mol. The molecule has 158 valence electrons. The van der Waals surface area contributed by atoms with Gasteiger partial charge < -0.3 is 13.9 Å². The van der Waals surface area contributed by atoms with Crippen LogP contribution in [-0.4, -0.2) is 40.0 Å². The molecule has 6 nitrogen and oxygen atoms in total. The summed E-state index contributed by atoms with van der Waals surface area (Å²) in [5.74, 6) is 1.40. The van der Waals surface area contributed by atoms with Crippen molar-refractivity contribution < 1.29 is 14.3 Å². The number of aromatic nitrogens is 3. The quantitative estimate of drug-likeness (QED) is 0.537. The molecular weight excluding hydrogens is 378 g/mol. The van der Waals surface area contributed by atoms with Gasteiger partial charge >= 0.3 is 0 Å². The molecule has 3 aromatic heterocycles. The molecule has 0 saturated carbocycles. The summed E-state index contributed by atoms with van der Waals surface area (Å²) >= 11 is 0. The van der Waals surface area contributed by atoms with Gasteiger partial charge in [-0.05, 0) is 37.8 Å². The Morgan fingerprint density at radius 1 is 1.23 bits per heavy atom. The molecule has 0 aliphatic carbocycles. The molecule has 0 radical (unpaired) electrons. The summed E-state index contributed by atoms with van der Waals surface area (Å²) in [6, 6.07) is 7.58. The topological polar surface area (TPSA) is 65.7 Å². The number of Topliss-reactive ketones (excluding diaryl/α,β-unsaturated/α-hetero) is 1. The van der Waals surface area contributed by atoms with E-state index in [4.69, 9.17) is 14.5 Å². The van der Waals surface area contributed by atoms with E-state index in [1.807, 2.05) is 35.7 Å². The summed E-state index contributed by atoms with van der Waals surface area (Å²) in [6.45, 7) is 8.20. The molecule has 6 heteroatoms. The van der Waals surface area contributed by atoms with Gasteiger partial charge in [-0.1, -0.05) is 19.9 Å². The second kappa shape index (κ2) is 8.96. The SMILES string of the molecule is CCOc1cc2nc(C3CCOCC3)cn2cc1CC(=O)c1cccc(C(C)C)n1. The first-order chi connectivity index (χ1) is 14.5. The Kier molecular flexibility index (Phi) is 6.13. The third-order valence-corrected chi connectivity index (χ3v) is 5.59. The number of ketones is 1. The number of hydrogen-bond donors (Lipinski definition) is 0. The van der Waals surface area contributed by atoms with Gasteiger partial charge in [0.2, 0.25) is 0 Å². The first-order valence-corrected chi connectivity index (χ1v) is 10.8. The van der Waals surface area contributed by atoms with Gasteiger partial charge in [-0.3, -0.25) is 4.79 Å². The van der Waals surface area contributed by atoms with Crippen LogP contribution in [0.4, 0.5) is 0 Å². The van der Waals surface area contributed by atoms with Crippen LogP contribution in [0.2, 0.25) is 0 Å². The number of carbonyl (C=O) groups excluding carboxylic acids is 1. The zero-order valence-electron chi connectivity index (χ0n) is 17.9. The van der Waals surface area contributed by atoms with E-state index in [-0.39, 0.29) is 18.1 Å². The van der Waals surface area contributed by atoms with E-state index in [0.717, 1.165) is 48.7 Å². The molecule has 0 N–H and O–H groups in total. The number of fused-ring (bicyclic) bond motifs is 1. The van der Waals surface area contributed by atoms with E-state index in [2.05, 4.69) is 25.0 Å². The molecule has 4 rings (SSSR count). The van der Waals surface area contributed by atoms with E-state index < -0.39 is 0 Å². The van der Waals surface area contributed by atoms with Crippen molar-refractivity contribution in [1.29, 1.82) is 0 Å². The Labute approximate surface area is 177 Å². The molecule has 0 atom stereocenters. The van der Waals surface area contributed by atoms with E-state index in [9.17, 15) is 4.79 Å². The monoisotopic (exact) mass is 407 g/mol. The Morgan fingerprint density at radius 2 is 2.03 bits per heavy atom. The van der Waals surface area contributed by atoms with Crippen molar-refractivity contribution in [2.45, 2.75) is 51.9 Å². The first kappa shape index (κ1) is 20.5. The summed E-state index contributed by atoms with van der Waals surface area (Å²) in [6.07, 6.45) is 6.27. The van der Waals surface area contributed by atoms with Gasteiger partial charge in [0.15, 0.2) is 5.78 Å². The van der Waals surface area contributed by atoms with E-state index >= 15 is 0 Å². The molecule has 0 aromatic carbocycles. The molecule has 1 saturated heterocycles. The molecule has 1 aliphatic rings. The van der Waals surface area contributed by atoms with Crippen molar-refractivity contribution in [1.82, 2.24) is 14.4 Å². The van der Waals surface area contributed by atoms with Gasteiger partial charge in [-0.25, -0.2) is 9.97 Å². The van der Waals surface area contributed by atoms with Crippen LogP contribution in [0.3, 0.4) is 0 Å². The molecule has 4 heterocycles. The second-order valence-corrected chi connectivity index (χ2v) is 8.12. The van der Waals surface area contributed by atoms with Gasteiger partial charge in [0, 0.05) is 55.3 Å². The van der Waals surface area contributed by atoms with Crippen LogP contribution in [0.15, 0.2) is 36.7 Å². The molecule has 30 heavy (non-hydrogen) atoms. The summed E-state index contributed by atoms with van der Waals surface area (Å²) in [7, 11) is 0. The maximum Gasteiger partial charge on any atom is 0.185 e. The molecule has 1 fully saturated rings. The standard InChI is InChI=1S/C24H29N3O3/c1-4-30-23-13-24-26-21(17-8-10-29-11-9-17)15-27(24)14-18(23)12-22(28)20-7-5-6-19(25-20)16(2)3/h5-7,13-17H,4,8-12H2,1-3H3. The highest BCUT2D eigenvalue weighted by molar-refractivity contribution is 5.96. The fourth-order valence-electron chi connectivity index (χ4n) is 3.88. The lowest BCUT2D eigenvalue weighted by Crippen LogP contribution is -2.14. The second-order valence-electron chi connectivity index (χ2n) is 8.12. The Hall–Kier alpha value is -2.73. The lowest BCUT2D eigenvalue weighted by atomic mass is 9.97. The zero-order valence-corrected chi connectivity index (χ0v) is 17.9. The highest BCUT2D eigenvalue weighted by atomic mass is 16.5. The lowest BCUT2D eigenvalue weighted by Gasteiger charge is -2.19. The molecule has 0 spiro atoms. The fourth-order valence-corrected chi connectivity index (χ4v) is 3.88. The highest BCUT2D eigenvalue weighted by Crippen LogP contribution is 2.29. The number of nitrogens with zero attached hydrogens (tertiary/aromatic N) is 3. The molecule has 0 unspecified atom stereocenters. The van der Waals surface area contributed by atoms with Crippen LogP contribution >= 0.6 is 0 Å². The minimum atomic E-state index is -0.0115. The highest BCUT2D eigenvalue weighted by Gasteiger charge is 2.20. The summed E-state index contributed by atoms with van der Waals surface area (Å²) < 4.78 is 13.3. The van der Waals surface area contributed by atoms with Crippen molar-refractivity contribution in [2.24, 2.45) is 0 Å². The predicted octanol–water partition coefficient (Wildman–Crippen LogP) is 4.57. The number of imidazole rings is 1. The summed E-state index contributed by atoms with van der Waals surface area (Å²) in [5, 5.41) is 0. The van der Waals surface area contributed by atoms with Gasteiger partial charge in [0.25, 0.3) is 0 Å². The Bertz CT molecular complexity index is 1040. The maximum atomic E-state index is 13.0. The van der Waals surface area contributed by atoms with Gasteiger partial charge in [-0.2, -0.15) is 0 Å². The Morgan fingerprint density at radius 3 is 2.77 bits per heavy atom. The Balaban J connectivity index is 1.64.